The van der Waals surface area contributed by atoms with Crippen LogP contribution in [-0.2, 0) is 11.2 Å². The van der Waals surface area contributed by atoms with Gasteiger partial charge in [-0.25, -0.2) is 9.97 Å². The molecule has 3 heterocycles. The van der Waals surface area contributed by atoms with E-state index in [4.69, 9.17) is 35.6 Å². The molecule has 0 bridgehead atoms. The topological polar surface area (TPSA) is 103 Å². The van der Waals surface area contributed by atoms with E-state index in [9.17, 15) is 5.11 Å². The Kier molecular flexibility index (Phi) is 8.62. The fourth-order valence-corrected chi connectivity index (χ4v) is 4.95. The van der Waals surface area contributed by atoms with Gasteiger partial charge in [0.25, 0.3) is 0 Å². The number of aromatic nitrogens is 3. The Morgan fingerprint density at radius 1 is 1.25 bits per heavy atom. The molecule has 4 rings (SSSR count). The summed E-state index contributed by atoms with van der Waals surface area (Å²) in [7, 11) is 1.79. The molecule has 36 heavy (non-hydrogen) atoms. The molecule has 1 aromatic carbocycles. The van der Waals surface area contributed by atoms with E-state index in [-0.39, 0.29) is 12.7 Å². The molecule has 2 aromatic heterocycles. The number of aliphatic hydroxyl groups excluding tert-OH is 1. The molecular weight excluding hydrogens is 480 g/mol. The molecular formula is C27H35ClN4O4. The third-order valence-corrected chi connectivity index (χ3v) is 6.98. The molecule has 1 aliphatic heterocycles. The Bertz CT molecular complexity index is 1180. The molecule has 1 aliphatic rings. The minimum atomic E-state index is -0.621. The number of likely N-dealkylation sites (N-methyl/N-ethyl adjacent to an activating group) is 1. The zero-order chi connectivity index (χ0) is 25.8. The molecule has 0 aliphatic carbocycles. The summed E-state index contributed by atoms with van der Waals surface area (Å²) in [5.41, 5.74) is 5.15. The van der Waals surface area contributed by atoms with Crippen molar-refractivity contribution >= 4 is 11.6 Å². The van der Waals surface area contributed by atoms with Gasteiger partial charge in [0.2, 0.25) is 0 Å². The summed E-state index contributed by atoms with van der Waals surface area (Å²) < 4.78 is 17.1. The van der Waals surface area contributed by atoms with Crippen LogP contribution in [0.4, 0.5) is 0 Å². The molecule has 1 fully saturated rings. The van der Waals surface area contributed by atoms with Crippen LogP contribution in [0.15, 0.2) is 22.7 Å². The number of benzene rings is 1. The molecule has 3 atom stereocenters. The van der Waals surface area contributed by atoms with E-state index in [0.717, 1.165) is 54.1 Å². The summed E-state index contributed by atoms with van der Waals surface area (Å²) >= 11 is 6.64. The summed E-state index contributed by atoms with van der Waals surface area (Å²) in [6.07, 6.45) is 2.45. The smallest absolute Gasteiger partial charge is 0.161 e. The van der Waals surface area contributed by atoms with E-state index >= 15 is 0 Å². The van der Waals surface area contributed by atoms with Crippen molar-refractivity contribution in [3.63, 3.8) is 0 Å². The van der Waals surface area contributed by atoms with Gasteiger partial charge < -0.3 is 24.4 Å². The number of hydrogen-bond donors (Lipinski definition) is 2. The van der Waals surface area contributed by atoms with Gasteiger partial charge in [-0.3, -0.25) is 0 Å². The van der Waals surface area contributed by atoms with Crippen LogP contribution in [0.3, 0.4) is 0 Å². The predicted molar refractivity (Wildman–Crippen MR) is 139 cm³/mol. The highest BCUT2D eigenvalue weighted by atomic mass is 35.5. The van der Waals surface area contributed by atoms with Crippen molar-refractivity contribution in [3.05, 3.63) is 45.9 Å². The summed E-state index contributed by atoms with van der Waals surface area (Å²) in [5, 5.41) is 17.6. The van der Waals surface area contributed by atoms with Crippen molar-refractivity contribution in [2.75, 3.05) is 26.8 Å². The van der Waals surface area contributed by atoms with Crippen LogP contribution < -0.4 is 10.1 Å². The minimum Gasteiger partial charge on any atom is -0.491 e. The van der Waals surface area contributed by atoms with E-state index in [1.165, 1.54) is 0 Å². The number of hydrogen-bond acceptors (Lipinski definition) is 8. The maximum Gasteiger partial charge on any atom is 0.161 e. The molecule has 8 nitrogen and oxygen atoms in total. The van der Waals surface area contributed by atoms with E-state index in [1.807, 2.05) is 19.9 Å². The average Bonchev–Trinajstić information content (AvgIpc) is 3.18. The van der Waals surface area contributed by atoms with Gasteiger partial charge in [0.1, 0.15) is 24.2 Å². The standard InChI is InChI=1S/C27H35ClN4O4/c1-15-10-19(8-9-34-15)11-24-16(2)26(25-17(3)32-36-18(25)4)31-27(30-24)22-12-21(6-7-23(22)28)35-14-20(33)13-29-5/h6-7,12,15,19-20,29,33H,8-11,13-14H2,1-5H3. The lowest BCUT2D eigenvalue weighted by molar-refractivity contribution is 0.00262. The number of rotatable bonds is 9. The van der Waals surface area contributed by atoms with E-state index in [2.05, 4.69) is 24.3 Å². The van der Waals surface area contributed by atoms with Crippen molar-refractivity contribution in [1.82, 2.24) is 20.4 Å². The highest BCUT2D eigenvalue weighted by Gasteiger charge is 2.25. The average molecular weight is 515 g/mol. The number of nitrogens with zero attached hydrogens (tertiary/aromatic N) is 3. The maximum absolute atomic E-state index is 10.0. The second-order valence-electron chi connectivity index (χ2n) is 9.61. The molecule has 9 heteroatoms. The lowest BCUT2D eigenvalue weighted by atomic mass is 9.89. The second-order valence-corrected chi connectivity index (χ2v) is 10.0. The highest BCUT2D eigenvalue weighted by molar-refractivity contribution is 6.33. The summed E-state index contributed by atoms with van der Waals surface area (Å²) in [6.45, 7) is 9.37. The van der Waals surface area contributed by atoms with Gasteiger partial charge >= 0.3 is 0 Å². The second kappa shape index (κ2) is 11.7. The van der Waals surface area contributed by atoms with Gasteiger partial charge in [-0.05, 0) is 83.7 Å². The fourth-order valence-electron chi connectivity index (χ4n) is 4.75. The van der Waals surface area contributed by atoms with Gasteiger partial charge in [-0.2, -0.15) is 0 Å². The summed E-state index contributed by atoms with van der Waals surface area (Å²) in [6, 6.07) is 5.39. The van der Waals surface area contributed by atoms with E-state index < -0.39 is 6.10 Å². The van der Waals surface area contributed by atoms with E-state index in [0.29, 0.717) is 40.4 Å². The minimum absolute atomic E-state index is 0.161. The zero-order valence-electron chi connectivity index (χ0n) is 21.6. The Morgan fingerprint density at radius 3 is 2.75 bits per heavy atom. The molecule has 3 unspecified atom stereocenters. The first-order valence-corrected chi connectivity index (χ1v) is 12.8. The van der Waals surface area contributed by atoms with Gasteiger partial charge in [-0.15, -0.1) is 0 Å². The number of nitrogens with one attached hydrogen (secondary N) is 1. The first kappa shape index (κ1) is 26.5. The fraction of sp³-hybridized carbons (Fsp3) is 0.519. The Labute approximate surface area is 217 Å². The lowest BCUT2D eigenvalue weighted by Crippen LogP contribution is -2.29. The third-order valence-electron chi connectivity index (χ3n) is 6.65. The van der Waals surface area contributed by atoms with E-state index in [1.54, 1.807) is 19.2 Å². The Balaban J connectivity index is 1.76. The molecule has 1 saturated heterocycles. The summed E-state index contributed by atoms with van der Waals surface area (Å²) in [4.78, 5) is 9.98. The van der Waals surface area contributed by atoms with Crippen LogP contribution in [0.25, 0.3) is 22.6 Å². The molecule has 0 amide bonds. The number of aliphatic hydroxyl groups is 1. The van der Waals surface area contributed by atoms with Gasteiger partial charge in [0.15, 0.2) is 5.82 Å². The molecule has 194 valence electrons. The first-order chi connectivity index (χ1) is 17.3. The van der Waals surface area contributed by atoms with Crippen LogP contribution in [-0.4, -0.2) is 59.2 Å². The maximum atomic E-state index is 10.0. The van der Waals surface area contributed by atoms with Crippen molar-refractivity contribution in [2.24, 2.45) is 5.92 Å². The molecule has 2 N–H and O–H groups in total. The van der Waals surface area contributed by atoms with Crippen LogP contribution in [0.5, 0.6) is 5.75 Å². The highest BCUT2D eigenvalue weighted by Crippen LogP contribution is 2.36. The largest absolute Gasteiger partial charge is 0.491 e. The third kappa shape index (κ3) is 6.06. The Hall–Kier alpha value is -2.52. The van der Waals surface area contributed by atoms with Crippen LogP contribution in [0.1, 0.15) is 42.5 Å². The lowest BCUT2D eigenvalue weighted by Gasteiger charge is -2.27. The Morgan fingerprint density at radius 2 is 2.06 bits per heavy atom. The zero-order valence-corrected chi connectivity index (χ0v) is 22.4. The van der Waals surface area contributed by atoms with Crippen molar-refractivity contribution in [2.45, 2.75) is 59.2 Å². The molecule has 0 saturated carbocycles. The number of ether oxygens (including phenoxy) is 2. The first-order valence-electron chi connectivity index (χ1n) is 12.4. The van der Waals surface area contributed by atoms with Gasteiger partial charge in [-0.1, -0.05) is 16.8 Å². The van der Waals surface area contributed by atoms with Crippen LogP contribution in [0, 0.1) is 26.7 Å². The SMILES string of the molecule is CNCC(O)COc1ccc(Cl)c(-c2nc(CC3CCOC(C)C3)c(C)c(-c3c(C)noc3C)n2)c1. The van der Waals surface area contributed by atoms with Crippen molar-refractivity contribution in [1.29, 1.82) is 0 Å². The molecule has 3 aromatic rings. The van der Waals surface area contributed by atoms with Gasteiger partial charge in [0.05, 0.1) is 28.1 Å². The van der Waals surface area contributed by atoms with Crippen molar-refractivity contribution < 1.29 is 19.1 Å². The quantitative estimate of drug-likeness (QED) is 0.424. The molecule has 0 spiro atoms. The van der Waals surface area contributed by atoms with Crippen LogP contribution >= 0.6 is 11.6 Å². The summed E-state index contributed by atoms with van der Waals surface area (Å²) in [5.74, 6) is 2.31. The monoisotopic (exact) mass is 514 g/mol. The van der Waals surface area contributed by atoms with Gasteiger partial charge in [0, 0.05) is 24.4 Å². The molecule has 0 radical (unpaired) electrons. The normalized spacial score (nSPS) is 18.9. The van der Waals surface area contributed by atoms with Crippen LogP contribution in [0.2, 0.25) is 5.02 Å². The van der Waals surface area contributed by atoms with Crippen molar-refractivity contribution in [3.8, 4) is 28.4 Å². The predicted octanol–water partition coefficient (Wildman–Crippen LogP) is 4.69. The number of halogens is 1. The number of aryl methyl sites for hydroxylation is 2.